The van der Waals surface area contributed by atoms with Crippen LogP contribution < -0.4 is 9.47 Å². The van der Waals surface area contributed by atoms with Crippen molar-refractivity contribution in [3.63, 3.8) is 0 Å². The smallest absolute Gasteiger partial charge is 0.166 e. The fourth-order valence-corrected chi connectivity index (χ4v) is 4.75. The normalized spacial score (nSPS) is 20.9. The number of aromatic amines is 1. The molecule has 1 unspecified atom stereocenters. The van der Waals surface area contributed by atoms with Crippen LogP contribution in [0.3, 0.4) is 0 Å². The second-order valence-electron chi connectivity index (χ2n) is 8.66. The third kappa shape index (κ3) is 4.31. The van der Waals surface area contributed by atoms with E-state index in [9.17, 15) is 0 Å². The van der Waals surface area contributed by atoms with Gasteiger partial charge >= 0.3 is 0 Å². The van der Waals surface area contributed by atoms with Crippen molar-refractivity contribution in [1.82, 2.24) is 10.2 Å². The second kappa shape index (κ2) is 8.99. The highest BCUT2D eigenvalue weighted by Crippen LogP contribution is 2.37. The van der Waals surface area contributed by atoms with Crippen molar-refractivity contribution in [2.45, 2.75) is 44.6 Å². The van der Waals surface area contributed by atoms with Crippen LogP contribution in [0.1, 0.15) is 37.7 Å². The van der Waals surface area contributed by atoms with Gasteiger partial charge in [-0.3, -0.25) is 10.1 Å². The first-order valence-electron chi connectivity index (χ1n) is 11.3. The summed E-state index contributed by atoms with van der Waals surface area (Å²) in [6, 6.07) is 13.9. The summed E-state index contributed by atoms with van der Waals surface area (Å²) in [5, 5.41) is 6.89. The van der Waals surface area contributed by atoms with Crippen molar-refractivity contribution in [1.29, 1.82) is 0 Å². The molecule has 1 aliphatic heterocycles. The van der Waals surface area contributed by atoms with Gasteiger partial charge in [0.1, 0.15) is 23.6 Å². The SMILES string of the molecule is Cc1cc(Oc2ccc(OC3(C4CCCCC4)C=NC=NC3)cc2)ccc1-c1cn[nH]c1. The van der Waals surface area contributed by atoms with Crippen LogP contribution >= 0.6 is 0 Å². The first kappa shape index (κ1) is 20.5. The zero-order valence-electron chi connectivity index (χ0n) is 18.3. The van der Waals surface area contributed by atoms with Gasteiger partial charge in [0, 0.05) is 17.7 Å². The molecule has 6 nitrogen and oxygen atoms in total. The molecule has 2 heterocycles. The van der Waals surface area contributed by atoms with Crippen LogP contribution in [0, 0.1) is 12.8 Å². The molecule has 6 heteroatoms. The lowest BCUT2D eigenvalue weighted by Crippen LogP contribution is -2.50. The summed E-state index contributed by atoms with van der Waals surface area (Å²) in [6.45, 7) is 2.70. The molecule has 1 N–H and O–H groups in total. The number of aromatic nitrogens is 2. The molecule has 1 aromatic heterocycles. The Kier molecular flexibility index (Phi) is 5.75. The number of benzene rings is 2. The summed E-state index contributed by atoms with van der Waals surface area (Å²) >= 11 is 0. The van der Waals surface area contributed by atoms with Gasteiger partial charge in [-0.15, -0.1) is 0 Å². The van der Waals surface area contributed by atoms with Crippen LogP contribution in [0.2, 0.25) is 0 Å². The number of aliphatic imine (C=N–C) groups is 2. The minimum absolute atomic E-state index is 0.447. The highest BCUT2D eigenvalue weighted by molar-refractivity contribution is 5.82. The van der Waals surface area contributed by atoms with Crippen LogP contribution in [0.4, 0.5) is 0 Å². The number of nitrogens with zero attached hydrogens (tertiary/aromatic N) is 3. The standard InChI is InChI=1S/C26H28N4O2/c1-19-13-24(11-12-25(19)20-14-29-30-15-20)31-22-7-9-23(10-8-22)32-26(16-27-18-28-17-26)21-5-3-2-4-6-21/h7-16,18,21H,2-6,17H2,1H3,(H,29,30). The van der Waals surface area contributed by atoms with E-state index in [4.69, 9.17) is 9.47 Å². The molecule has 1 atom stereocenters. The van der Waals surface area contributed by atoms with Crippen LogP contribution in [0.5, 0.6) is 17.2 Å². The number of H-pyrrole nitrogens is 1. The Balaban J connectivity index is 1.29. The van der Waals surface area contributed by atoms with E-state index in [0.29, 0.717) is 12.5 Å². The number of hydrogen-bond donors (Lipinski definition) is 1. The molecule has 0 saturated heterocycles. The zero-order valence-corrected chi connectivity index (χ0v) is 18.3. The fraction of sp³-hybridized carbons (Fsp3) is 0.346. The second-order valence-corrected chi connectivity index (χ2v) is 8.66. The van der Waals surface area contributed by atoms with Crippen LogP contribution in [0.25, 0.3) is 11.1 Å². The van der Waals surface area contributed by atoms with E-state index < -0.39 is 5.60 Å². The van der Waals surface area contributed by atoms with E-state index in [2.05, 4.69) is 33.2 Å². The lowest BCUT2D eigenvalue weighted by molar-refractivity contribution is 0.0648. The highest BCUT2D eigenvalue weighted by Gasteiger charge is 2.41. The fourth-order valence-electron chi connectivity index (χ4n) is 4.75. The molecule has 0 bridgehead atoms. The number of rotatable bonds is 6. The molecule has 164 valence electrons. The third-order valence-corrected chi connectivity index (χ3v) is 6.45. The topological polar surface area (TPSA) is 71.9 Å². The predicted molar refractivity (Wildman–Crippen MR) is 127 cm³/mol. The van der Waals surface area contributed by atoms with E-state index in [1.54, 1.807) is 6.34 Å². The van der Waals surface area contributed by atoms with Crippen LogP contribution in [-0.4, -0.2) is 34.9 Å². The Hall–Kier alpha value is -3.41. The van der Waals surface area contributed by atoms with Gasteiger partial charge in [-0.2, -0.15) is 5.10 Å². The highest BCUT2D eigenvalue weighted by atomic mass is 16.5. The molecular weight excluding hydrogens is 400 g/mol. The summed E-state index contributed by atoms with van der Waals surface area (Å²) < 4.78 is 12.6. The van der Waals surface area contributed by atoms with Crippen LogP contribution in [0.15, 0.2) is 64.8 Å². The third-order valence-electron chi connectivity index (χ3n) is 6.45. The number of ether oxygens (including phenoxy) is 2. The summed E-state index contributed by atoms with van der Waals surface area (Å²) in [4.78, 5) is 8.77. The first-order chi connectivity index (χ1) is 15.7. The maximum atomic E-state index is 6.54. The maximum absolute atomic E-state index is 6.54. The van der Waals surface area contributed by atoms with Gasteiger partial charge in [0.25, 0.3) is 0 Å². The lowest BCUT2D eigenvalue weighted by Gasteiger charge is -2.39. The molecule has 1 aliphatic carbocycles. The van der Waals surface area contributed by atoms with Crippen LogP contribution in [-0.2, 0) is 0 Å². The van der Waals surface area contributed by atoms with Gasteiger partial charge in [-0.05, 0) is 67.3 Å². The van der Waals surface area contributed by atoms with E-state index in [1.165, 1.54) is 19.3 Å². The van der Waals surface area contributed by atoms with Crippen molar-refractivity contribution < 1.29 is 9.47 Å². The molecule has 3 aromatic rings. The van der Waals surface area contributed by atoms with Crippen molar-refractivity contribution in [2.24, 2.45) is 15.9 Å². The Morgan fingerprint density at radius 1 is 0.969 bits per heavy atom. The summed E-state index contributed by atoms with van der Waals surface area (Å²) in [5.74, 6) is 2.84. The molecule has 2 aromatic carbocycles. The Morgan fingerprint density at radius 2 is 1.75 bits per heavy atom. The van der Waals surface area contributed by atoms with Crippen molar-refractivity contribution in [3.05, 3.63) is 60.4 Å². The van der Waals surface area contributed by atoms with Crippen molar-refractivity contribution in [2.75, 3.05) is 6.54 Å². The van der Waals surface area contributed by atoms with Gasteiger partial charge in [-0.25, -0.2) is 4.99 Å². The molecule has 1 saturated carbocycles. The molecule has 1 fully saturated rings. The summed E-state index contributed by atoms with van der Waals surface area (Å²) in [5.41, 5.74) is 2.89. The minimum atomic E-state index is -0.447. The van der Waals surface area contributed by atoms with Gasteiger partial charge < -0.3 is 9.47 Å². The van der Waals surface area contributed by atoms with E-state index in [-0.39, 0.29) is 0 Å². The molecule has 32 heavy (non-hydrogen) atoms. The first-order valence-corrected chi connectivity index (χ1v) is 11.3. The Morgan fingerprint density at radius 3 is 2.44 bits per heavy atom. The lowest BCUT2D eigenvalue weighted by atomic mass is 9.77. The minimum Gasteiger partial charge on any atom is -0.479 e. The largest absolute Gasteiger partial charge is 0.479 e. The van der Waals surface area contributed by atoms with Crippen molar-refractivity contribution in [3.8, 4) is 28.4 Å². The summed E-state index contributed by atoms with van der Waals surface area (Å²) in [7, 11) is 0. The quantitative estimate of drug-likeness (QED) is 0.524. The maximum Gasteiger partial charge on any atom is 0.166 e. The Labute approximate surface area is 188 Å². The van der Waals surface area contributed by atoms with E-state index in [0.717, 1.165) is 46.8 Å². The average Bonchev–Trinajstić information content (AvgIpc) is 3.36. The molecule has 0 amide bonds. The Bertz CT molecular complexity index is 1100. The molecular formula is C26H28N4O2. The molecule has 0 spiro atoms. The van der Waals surface area contributed by atoms with Gasteiger partial charge in [0.2, 0.25) is 0 Å². The molecule has 2 aliphatic rings. The molecule has 5 rings (SSSR count). The summed E-state index contributed by atoms with van der Waals surface area (Å²) in [6.07, 6.45) is 13.4. The van der Waals surface area contributed by atoms with Gasteiger partial charge in [0.15, 0.2) is 5.60 Å². The van der Waals surface area contributed by atoms with Gasteiger partial charge in [0.05, 0.1) is 19.0 Å². The van der Waals surface area contributed by atoms with E-state index >= 15 is 0 Å². The number of aryl methyl sites for hydroxylation is 1. The van der Waals surface area contributed by atoms with Crippen molar-refractivity contribution >= 4 is 12.6 Å². The van der Waals surface area contributed by atoms with E-state index in [1.807, 2.05) is 55.0 Å². The number of hydrogen-bond acceptors (Lipinski definition) is 5. The zero-order chi connectivity index (χ0) is 21.8. The van der Waals surface area contributed by atoms with Gasteiger partial charge in [-0.1, -0.05) is 25.3 Å². The monoisotopic (exact) mass is 428 g/mol. The molecule has 0 radical (unpaired) electrons. The average molecular weight is 429 g/mol. The predicted octanol–water partition coefficient (Wildman–Crippen LogP) is 5.99. The number of nitrogens with one attached hydrogen (secondary N) is 1.